The molecule has 5 N–H and O–H groups in total. The Balaban J connectivity index is 1.10. The normalized spacial score (nSPS) is 25.7. The van der Waals surface area contributed by atoms with Crippen molar-refractivity contribution in [2.45, 2.75) is 81.4 Å². The van der Waals surface area contributed by atoms with Gasteiger partial charge in [-0.1, -0.05) is 18.6 Å². The van der Waals surface area contributed by atoms with Crippen LogP contribution in [0.2, 0.25) is 0 Å². The molecule has 1 unspecified atom stereocenters. The van der Waals surface area contributed by atoms with Crippen LogP contribution in [0.4, 0.5) is 4.79 Å². The number of benzene rings is 1. The van der Waals surface area contributed by atoms with E-state index in [4.69, 9.17) is 18.9 Å². The second kappa shape index (κ2) is 19.9. The Hall–Kier alpha value is -4.08. The number of nitrogens with one attached hydrogen (secondary N) is 3. The molecular weight excluding hydrogens is 668 g/mol. The fraction of sp³-hybridized carbons (Fsp3) is 0.571. The second-order valence-corrected chi connectivity index (χ2v) is 13.6. The topological polar surface area (TPSA) is 194 Å². The van der Waals surface area contributed by atoms with E-state index >= 15 is 0 Å². The Morgan fingerprint density at radius 1 is 1.08 bits per heavy atom. The smallest absolute Gasteiger partial charge is 0.342 e. The predicted molar refractivity (Wildman–Crippen MR) is 188 cm³/mol. The van der Waals surface area contributed by atoms with Gasteiger partial charge >= 0.3 is 18.0 Å². The van der Waals surface area contributed by atoms with Crippen LogP contribution in [0.3, 0.4) is 0 Å². The van der Waals surface area contributed by atoms with E-state index in [0.717, 1.165) is 31.1 Å². The van der Waals surface area contributed by atoms with E-state index in [-0.39, 0.29) is 67.3 Å². The van der Waals surface area contributed by atoms with E-state index in [1.165, 1.54) is 6.07 Å². The predicted octanol–water partition coefficient (Wildman–Crippen LogP) is 2.95. The fourth-order valence-electron chi connectivity index (χ4n) is 5.87. The molecule has 14 nitrogen and oxygen atoms in total. The number of phenols is 2. The summed E-state index contributed by atoms with van der Waals surface area (Å²) in [4.78, 5) is 53.3. The maximum absolute atomic E-state index is 12.9. The first kappa shape index (κ1) is 38.7. The Kier molecular flexibility index (Phi) is 15.4. The summed E-state index contributed by atoms with van der Waals surface area (Å²) in [5.41, 5.74) is 0.910. The van der Waals surface area contributed by atoms with Crippen LogP contribution in [0.1, 0.15) is 61.4 Å². The number of amides is 3. The van der Waals surface area contributed by atoms with E-state index in [1.807, 2.05) is 11.8 Å². The number of nitrogens with zero attached hydrogens (tertiary/aromatic N) is 1. The molecule has 2 saturated heterocycles. The van der Waals surface area contributed by atoms with Crippen molar-refractivity contribution in [3.63, 3.8) is 0 Å². The highest BCUT2D eigenvalue weighted by Crippen LogP contribution is 2.33. The van der Waals surface area contributed by atoms with Gasteiger partial charge in [0.1, 0.15) is 35.9 Å². The molecule has 274 valence electrons. The SMILES string of the molecule is C/N=C1/C=C/CC(OC(=O)COCCOCCNC(=O)CCCC[C@@H]2SC[C@@H]3NC(=O)N[C@@H]32)/C=C/C[C@@H](C)OC(=O)c2c(O)cc(O)cc2C1. The van der Waals surface area contributed by atoms with Crippen molar-refractivity contribution in [1.82, 2.24) is 16.0 Å². The van der Waals surface area contributed by atoms with Crippen molar-refractivity contribution < 1.29 is 48.3 Å². The fourth-order valence-corrected chi connectivity index (χ4v) is 7.41. The summed E-state index contributed by atoms with van der Waals surface area (Å²) in [5, 5.41) is 29.5. The molecule has 3 amide bonds. The molecule has 2 fully saturated rings. The van der Waals surface area contributed by atoms with E-state index in [9.17, 15) is 29.4 Å². The number of carbonyl (C=O) groups excluding carboxylic acids is 4. The van der Waals surface area contributed by atoms with Gasteiger partial charge in [0.15, 0.2) is 0 Å². The minimum absolute atomic E-state index is 0.0237. The molecule has 0 radical (unpaired) electrons. The third-order valence-electron chi connectivity index (χ3n) is 8.38. The summed E-state index contributed by atoms with van der Waals surface area (Å²) < 4.78 is 22.0. The van der Waals surface area contributed by atoms with Crippen LogP contribution in [-0.4, -0.2) is 115 Å². The average Bonchev–Trinajstić information content (AvgIpc) is 3.61. The van der Waals surface area contributed by atoms with E-state index < -0.39 is 24.1 Å². The molecule has 3 aliphatic rings. The number of fused-ring (bicyclic) bond motifs is 2. The lowest BCUT2D eigenvalue weighted by Crippen LogP contribution is -2.36. The first-order chi connectivity index (χ1) is 24.1. The molecule has 15 heteroatoms. The minimum Gasteiger partial charge on any atom is -0.508 e. The van der Waals surface area contributed by atoms with E-state index in [0.29, 0.717) is 48.9 Å². The molecule has 3 aliphatic heterocycles. The number of hydrogen-bond donors (Lipinski definition) is 5. The van der Waals surface area contributed by atoms with Crippen LogP contribution in [0.15, 0.2) is 41.4 Å². The van der Waals surface area contributed by atoms with Gasteiger partial charge in [-0.25, -0.2) is 14.4 Å². The number of hydrogen-bond acceptors (Lipinski definition) is 12. The maximum atomic E-state index is 12.9. The zero-order valence-electron chi connectivity index (χ0n) is 28.6. The Labute approximate surface area is 296 Å². The van der Waals surface area contributed by atoms with Crippen LogP contribution in [-0.2, 0) is 35.0 Å². The zero-order chi connectivity index (χ0) is 35.9. The number of thioether (sulfide) groups is 1. The average molecular weight is 717 g/mol. The third kappa shape index (κ3) is 12.4. The quantitative estimate of drug-likeness (QED) is 0.0823. The van der Waals surface area contributed by atoms with E-state index in [2.05, 4.69) is 20.9 Å². The summed E-state index contributed by atoms with van der Waals surface area (Å²) in [7, 11) is 1.59. The highest BCUT2D eigenvalue weighted by molar-refractivity contribution is 8.00. The molecule has 50 heavy (non-hydrogen) atoms. The number of aliphatic imine (C=N–C) groups is 1. The van der Waals surface area contributed by atoms with E-state index in [1.54, 1.807) is 38.3 Å². The van der Waals surface area contributed by atoms with Crippen molar-refractivity contribution >= 4 is 41.4 Å². The van der Waals surface area contributed by atoms with Crippen LogP contribution in [0, 0.1) is 0 Å². The molecule has 0 spiro atoms. The van der Waals surface area contributed by atoms with Gasteiger partial charge in [-0.15, -0.1) is 0 Å². The molecule has 0 saturated carbocycles. The van der Waals surface area contributed by atoms with Crippen LogP contribution >= 0.6 is 11.8 Å². The molecule has 0 bridgehead atoms. The zero-order valence-corrected chi connectivity index (χ0v) is 29.4. The lowest BCUT2D eigenvalue weighted by molar-refractivity contribution is -0.152. The van der Waals surface area contributed by atoms with Crippen molar-refractivity contribution in [3.05, 3.63) is 47.6 Å². The van der Waals surface area contributed by atoms with Gasteiger partial charge < -0.3 is 45.1 Å². The Morgan fingerprint density at radius 3 is 2.72 bits per heavy atom. The van der Waals surface area contributed by atoms with Gasteiger partial charge in [-0.3, -0.25) is 9.79 Å². The van der Waals surface area contributed by atoms with Crippen LogP contribution < -0.4 is 16.0 Å². The number of unbranched alkanes of at least 4 members (excludes halogenated alkanes) is 1. The molecule has 4 rings (SSSR count). The number of carbonyl (C=O) groups is 4. The largest absolute Gasteiger partial charge is 0.508 e. The van der Waals surface area contributed by atoms with Gasteiger partial charge in [0.2, 0.25) is 5.91 Å². The van der Waals surface area contributed by atoms with Crippen molar-refractivity contribution in [2.24, 2.45) is 4.99 Å². The van der Waals surface area contributed by atoms with Gasteiger partial charge in [0, 0.05) is 62.1 Å². The Morgan fingerprint density at radius 2 is 1.90 bits per heavy atom. The van der Waals surface area contributed by atoms with Crippen LogP contribution in [0.25, 0.3) is 0 Å². The molecule has 1 aromatic rings. The number of rotatable bonds is 14. The van der Waals surface area contributed by atoms with Crippen molar-refractivity contribution in [1.29, 1.82) is 0 Å². The molecule has 1 aromatic carbocycles. The Bertz CT molecular complexity index is 1430. The molecular formula is C35H48N4O10S. The van der Waals surface area contributed by atoms with Gasteiger partial charge in [0.25, 0.3) is 0 Å². The lowest BCUT2D eigenvalue weighted by atomic mass is 9.99. The van der Waals surface area contributed by atoms with Crippen LogP contribution in [0.5, 0.6) is 11.5 Å². The lowest BCUT2D eigenvalue weighted by Gasteiger charge is -2.17. The first-order valence-corrected chi connectivity index (χ1v) is 18.0. The number of ether oxygens (including phenoxy) is 4. The highest BCUT2D eigenvalue weighted by atomic mass is 32.2. The first-order valence-electron chi connectivity index (χ1n) is 17.0. The third-order valence-corrected chi connectivity index (χ3v) is 9.89. The number of allylic oxidation sites excluding steroid dienone is 1. The number of urea groups is 1. The molecule has 0 aliphatic carbocycles. The number of cyclic esters (lactones) is 1. The summed E-state index contributed by atoms with van der Waals surface area (Å²) >= 11 is 1.87. The summed E-state index contributed by atoms with van der Waals surface area (Å²) in [6.45, 7) is 2.55. The summed E-state index contributed by atoms with van der Waals surface area (Å²) in [5.74, 6) is -0.937. The molecule has 3 heterocycles. The standard InChI is InChI=1S/C35H48N4O10S/c1-22-7-5-9-26(10-6-8-24(36-2)17-23-18-25(40)19-28(41)32(23)34(44)48-22)49-31(43)20-47-16-15-46-14-13-37-30(42)12-4-3-11-29-33-27(21-50-29)38-35(45)39-33/h5-6,8-9,18-19,22,26-27,29,33,40-41H,3-4,7,10-17,20-21H2,1-2H3,(H,37,42)(H2,38,39,45)/b8-6+,9-5+,36-24-/t22-,26?,27+,29+,33+/m1/s1. The molecule has 5 atom stereocenters. The van der Waals surface area contributed by atoms with Gasteiger partial charge in [-0.05, 0) is 43.5 Å². The monoisotopic (exact) mass is 716 g/mol. The van der Waals surface area contributed by atoms with Gasteiger partial charge in [-0.2, -0.15) is 11.8 Å². The van der Waals surface area contributed by atoms with Crippen molar-refractivity contribution in [2.75, 3.05) is 45.8 Å². The number of aromatic hydroxyl groups is 2. The minimum atomic E-state index is -0.719. The van der Waals surface area contributed by atoms with Crippen molar-refractivity contribution in [3.8, 4) is 11.5 Å². The second-order valence-electron chi connectivity index (χ2n) is 12.3. The highest BCUT2D eigenvalue weighted by Gasteiger charge is 2.42. The number of esters is 2. The van der Waals surface area contributed by atoms with Gasteiger partial charge in [0.05, 0.1) is 31.9 Å². The molecule has 0 aromatic heterocycles. The number of phenolic OH excluding ortho intramolecular Hbond substituents is 2. The summed E-state index contributed by atoms with van der Waals surface area (Å²) in [6.07, 6.45) is 9.83. The summed E-state index contributed by atoms with van der Waals surface area (Å²) in [6, 6.07) is 2.80. The maximum Gasteiger partial charge on any atom is 0.342 e.